The summed E-state index contributed by atoms with van der Waals surface area (Å²) in [6.45, 7) is 6.45. The molecule has 0 radical (unpaired) electrons. The first kappa shape index (κ1) is 16.2. The van der Waals surface area contributed by atoms with E-state index in [4.69, 9.17) is 10.6 Å². The Labute approximate surface area is 118 Å². The number of hydrogen-bond acceptors (Lipinski definition) is 5. The van der Waals surface area contributed by atoms with Gasteiger partial charge in [-0.2, -0.15) is 11.8 Å². The summed E-state index contributed by atoms with van der Waals surface area (Å²) in [7, 11) is 0. The van der Waals surface area contributed by atoms with Crippen LogP contribution in [-0.4, -0.2) is 22.6 Å². The fourth-order valence-corrected chi connectivity index (χ4v) is 2.58. The van der Waals surface area contributed by atoms with Crippen molar-refractivity contribution in [3.63, 3.8) is 0 Å². The van der Waals surface area contributed by atoms with Crippen LogP contribution in [0.3, 0.4) is 0 Å². The van der Waals surface area contributed by atoms with E-state index in [1.54, 1.807) is 30.9 Å². The van der Waals surface area contributed by atoms with E-state index >= 15 is 0 Å². The molecule has 19 heavy (non-hydrogen) atoms. The number of hydrazine groups is 1. The monoisotopic (exact) mass is 287 g/mol. The molecule has 1 rings (SSSR count). The summed E-state index contributed by atoms with van der Waals surface area (Å²) in [6.07, 6.45) is 2.62. The number of ether oxygens (including phenoxy) is 1. The van der Waals surface area contributed by atoms with Gasteiger partial charge < -0.3 is 4.74 Å². The van der Waals surface area contributed by atoms with Gasteiger partial charge in [0.2, 0.25) is 0 Å². The Bertz CT molecular complexity index is 392. The third-order valence-corrected chi connectivity index (χ3v) is 4.30. The molecule has 1 heterocycles. The summed E-state index contributed by atoms with van der Waals surface area (Å²) in [5.41, 5.74) is 3.16. The molecule has 0 aliphatic rings. The van der Waals surface area contributed by atoms with Gasteiger partial charge in [-0.3, -0.25) is 11.3 Å². The fraction of sp³-hybridized carbons (Fsp3) is 0.615. The van der Waals surface area contributed by atoms with Crippen LogP contribution in [0.25, 0.3) is 0 Å². The summed E-state index contributed by atoms with van der Waals surface area (Å²) in [6, 6.07) is 1.39. The molecule has 1 aromatic heterocycles. The SMILES string of the molecule is CCOc1nccc(C(CSC(C)CC)NN)c1F. The number of nitrogens with two attached hydrogens (primary N) is 1. The summed E-state index contributed by atoms with van der Waals surface area (Å²) >= 11 is 1.76. The van der Waals surface area contributed by atoms with Gasteiger partial charge in [0, 0.05) is 22.8 Å². The highest BCUT2D eigenvalue weighted by molar-refractivity contribution is 7.99. The minimum atomic E-state index is -0.433. The van der Waals surface area contributed by atoms with Crippen molar-refractivity contribution in [2.75, 3.05) is 12.4 Å². The van der Waals surface area contributed by atoms with E-state index in [1.165, 1.54) is 0 Å². The van der Waals surface area contributed by atoms with Gasteiger partial charge in [0.15, 0.2) is 5.82 Å². The maximum absolute atomic E-state index is 14.2. The van der Waals surface area contributed by atoms with Gasteiger partial charge in [0.1, 0.15) is 0 Å². The molecule has 0 spiro atoms. The van der Waals surface area contributed by atoms with Crippen molar-refractivity contribution in [2.24, 2.45) is 5.84 Å². The van der Waals surface area contributed by atoms with Crippen LogP contribution in [0.5, 0.6) is 5.88 Å². The highest BCUT2D eigenvalue weighted by atomic mass is 32.2. The van der Waals surface area contributed by atoms with Crippen molar-refractivity contribution in [2.45, 2.75) is 38.5 Å². The number of rotatable bonds is 8. The topological polar surface area (TPSA) is 60.2 Å². The number of halogens is 1. The number of nitrogens with zero attached hydrogens (tertiary/aromatic N) is 1. The second kappa shape index (κ2) is 8.35. The molecule has 2 unspecified atom stereocenters. The van der Waals surface area contributed by atoms with E-state index in [9.17, 15) is 4.39 Å². The summed E-state index contributed by atoms with van der Waals surface area (Å²) in [5, 5.41) is 0.520. The third-order valence-electron chi connectivity index (χ3n) is 2.87. The van der Waals surface area contributed by atoms with Crippen LogP contribution in [0.4, 0.5) is 4.39 Å². The average molecular weight is 287 g/mol. The Morgan fingerprint density at radius 3 is 2.84 bits per heavy atom. The van der Waals surface area contributed by atoms with Gasteiger partial charge >= 0.3 is 0 Å². The quantitative estimate of drug-likeness (QED) is 0.568. The average Bonchev–Trinajstić information content (AvgIpc) is 2.43. The Balaban J connectivity index is 2.83. The zero-order chi connectivity index (χ0) is 14.3. The molecule has 4 nitrogen and oxygen atoms in total. The minimum absolute atomic E-state index is 0.0359. The van der Waals surface area contributed by atoms with E-state index in [0.29, 0.717) is 23.2 Å². The number of aromatic nitrogens is 1. The van der Waals surface area contributed by atoms with Crippen LogP contribution in [-0.2, 0) is 0 Å². The normalized spacial score (nSPS) is 14.2. The maximum Gasteiger partial charge on any atom is 0.250 e. The summed E-state index contributed by atoms with van der Waals surface area (Å²) < 4.78 is 19.4. The van der Waals surface area contributed by atoms with Crippen LogP contribution in [0.2, 0.25) is 0 Å². The van der Waals surface area contributed by atoms with E-state index in [-0.39, 0.29) is 11.9 Å². The molecule has 0 aliphatic heterocycles. The lowest BCUT2D eigenvalue weighted by Gasteiger charge is -2.19. The smallest absolute Gasteiger partial charge is 0.250 e. The number of nitrogens with one attached hydrogen (secondary N) is 1. The second-order valence-electron chi connectivity index (χ2n) is 4.22. The third kappa shape index (κ3) is 4.63. The highest BCUT2D eigenvalue weighted by Gasteiger charge is 2.19. The molecule has 108 valence electrons. The van der Waals surface area contributed by atoms with Crippen molar-refractivity contribution >= 4 is 11.8 Å². The molecule has 2 atom stereocenters. The minimum Gasteiger partial charge on any atom is -0.476 e. The van der Waals surface area contributed by atoms with Crippen LogP contribution in [0, 0.1) is 5.82 Å². The molecular weight excluding hydrogens is 265 g/mol. The van der Waals surface area contributed by atoms with Gasteiger partial charge in [0.25, 0.3) is 5.88 Å². The lowest BCUT2D eigenvalue weighted by atomic mass is 10.1. The lowest BCUT2D eigenvalue weighted by molar-refractivity contribution is 0.304. The Morgan fingerprint density at radius 2 is 2.26 bits per heavy atom. The first-order valence-electron chi connectivity index (χ1n) is 6.48. The van der Waals surface area contributed by atoms with Gasteiger partial charge in [0.05, 0.1) is 12.6 Å². The first-order chi connectivity index (χ1) is 9.13. The molecule has 0 amide bonds. The van der Waals surface area contributed by atoms with Gasteiger partial charge in [-0.25, -0.2) is 9.37 Å². The van der Waals surface area contributed by atoms with Crippen molar-refractivity contribution in [3.8, 4) is 5.88 Å². The lowest BCUT2D eigenvalue weighted by Crippen LogP contribution is -2.31. The Hall–Kier alpha value is -0.850. The molecule has 1 aromatic rings. The molecule has 3 N–H and O–H groups in total. The van der Waals surface area contributed by atoms with Crippen molar-refractivity contribution in [1.82, 2.24) is 10.4 Å². The van der Waals surface area contributed by atoms with Crippen molar-refractivity contribution in [1.29, 1.82) is 0 Å². The van der Waals surface area contributed by atoms with Crippen molar-refractivity contribution < 1.29 is 9.13 Å². The Kier molecular flexibility index (Phi) is 7.12. The van der Waals surface area contributed by atoms with Crippen LogP contribution in [0.15, 0.2) is 12.3 Å². The molecule has 0 bridgehead atoms. The summed E-state index contributed by atoms with van der Waals surface area (Å²) in [5.74, 6) is 5.84. The van der Waals surface area contributed by atoms with Crippen LogP contribution in [0.1, 0.15) is 38.8 Å². The maximum atomic E-state index is 14.2. The molecule has 0 aromatic carbocycles. The predicted molar refractivity (Wildman–Crippen MR) is 77.6 cm³/mol. The van der Waals surface area contributed by atoms with E-state index < -0.39 is 5.82 Å². The van der Waals surface area contributed by atoms with E-state index in [2.05, 4.69) is 24.3 Å². The standard InChI is InChI=1S/C13H22FN3OS/c1-4-9(3)19-8-11(17-15)10-6-7-16-13(12(10)14)18-5-2/h6-7,9,11,17H,4-5,8,15H2,1-3H3. The molecule has 0 saturated carbocycles. The predicted octanol–water partition coefficient (Wildman–Crippen LogP) is 2.66. The van der Waals surface area contributed by atoms with Gasteiger partial charge in [-0.15, -0.1) is 0 Å². The largest absolute Gasteiger partial charge is 0.476 e. The Morgan fingerprint density at radius 1 is 1.53 bits per heavy atom. The number of thioether (sulfide) groups is 1. The number of hydrogen-bond donors (Lipinski definition) is 2. The first-order valence-corrected chi connectivity index (χ1v) is 7.53. The number of pyridine rings is 1. The highest BCUT2D eigenvalue weighted by Crippen LogP contribution is 2.27. The van der Waals surface area contributed by atoms with Crippen LogP contribution >= 0.6 is 11.8 Å². The van der Waals surface area contributed by atoms with Crippen LogP contribution < -0.4 is 16.0 Å². The fourth-order valence-electron chi connectivity index (χ4n) is 1.55. The molecule has 0 saturated heterocycles. The molecule has 6 heteroatoms. The zero-order valence-electron chi connectivity index (χ0n) is 11.6. The zero-order valence-corrected chi connectivity index (χ0v) is 12.5. The molecule has 0 fully saturated rings. The molecule has 0 aliphatic carbocycles. The molecular formula is C13H22FN3OS. The van der Waals surface area contributed by atoms with E-state index in [0.717, 1.165) is 6.42 Å². The van der Waals surface area contributed by atoms with E-state index in [1.807, 2.05) is 0 Å². The van der Waals surface area contributed by atoms with Gasteiger partial charge in [-0.05, 0) is 19.4 Å². The van der Waals surface area contributed by atoms with Crippen molar-refractivity contribution in [3.05, 3.63) is 23.6 Å². The second-order valence-corrected chi connectivity index (χ2v) is 5.70. The summed E-state index contributed by atoms with van der Waals surface area (Å²) in [4.78, 5) is 3.88. The van der Waals surface area contributed by atoms with Gasteiger partial charge in [-0.1, -0.05) is 13.8 Å².